The second-order valence-corrected chi connectivity index (χ2v) is 7.54. The van der Waals surface area contributed by atoms with Crippen LogP contribution in [0.1, 0.15) is 5.56 Å². The molecule has 140 valence electrons. The molecule has 0 bridgehead atoms. The van der Waals surface area contributed by atoms with Crippen LogP contribution >= 0.6 is 0 Å². The summed E-state index contributed by atoms with van der Waals surface area (Å²) in [6, 6.07) is 7.45. The Morgan fingerprint density at radius 3 is 2.46 bits per heavy atom. The number of aromatic nitrogens is 1. The molecule has 2 aromatic rings. The minimum Gasteiger partial charge on any atom is -0.379 e. The molecule has 1 aromatic carbocycles. The fraction of sp³-hybridized carbons (Fsp3) is 0.312. The minimum atomic E-state index is -4.44. The van der Waals surface area contributed by atoms with Gasteiger partial charge in [0.1, 0.15) is 10.7 Å². The third kappa shape index (κ3) is 4.14. The van der Waals surface area contributed by atoms with Crippen LogP contribution in [0.2, 0.25) is 0 Å². The molecule has 1 aliphatic heterocycles. The van der Waals surface area contributed by atoms with E-state index in [0.29, 0.717) is 13.2 Å². The summed E-state index contributed by atoms with van der Waals surface area (Å²) in [5, 5.41) is 2.74. The van der Waals surface area contributed by atoms with Gasteiger partial charge in [-0.3, -0.25) is 0 Å². The molecule has 0 unspecified atom stereocenters. The van der Waals surface area contributed by atoms with Crippen LogP contribution in [0.25, 0.3) is 0 Å². The molecule has 0 spiro atoms. The SMILES string of the molecule is O=S(=O)(c1ccc(Nc2cccc(C(F)(F)F)c2)nc1)N1CCOCC1. The number of nitrogens with zero attached hydrogens (tertiary/aromatic N) is 2. The van der Waals surface area contributed by atoms with Gasteiger partial charge in [0.25, 0.3) is 0 Å². The van der Waals surface area contributed by atoms with Crippen LogP contribution in [0.15, 0.2) is 47.5 Å². The second kappa shape index (κ2) is 7.22. The van der Waals surface area contributed by atoms with Crippen LogP contribution in [0.5, 0.6) is 0 Å². The fourth-order valence-electron chi connectivity index (χ4n) is 2.46. The van der Waals surface area contributed by atoms with E-state index in [1.807, 2.05) is 0 Å². The van der Waals surface area contributed by atoms with Crippen LogP contribution in [-0.2, 0) is 20.9 Å². The number of ether oxygens (including phenoxy) is 1. The first-order valence-corrected chi connectivity index (χ1v) is 9.19. The molecule has 0 aliphatic carbocycles. The Balaban J connectivity index is 1.76. The van der Waals surface area contributed by atoms with E-state index in [4.69, 9.17) is 4.74 Å². The molecule has 26 heavy (non-hydrogen) atoms. The Labute approximate surface area is 148 Å². The highest BCUT2D eigenvalue weighted by atomic mass is 32.2. The first-order valence-electron chi connectivity index (χ1n) is 7.75. The van der Waals surface area contributed by atoms with E-state index >= 15 is 0 Å². The van der Waals surface area contributed by atoms with E-state index in [2.05, 4.69) is 10.3 Å². The smallest absolute Gasteiger partial charge is 0.379 e. The van der Waals surface area contributed by atoms with Gasteiger partial charge in [0.05, 0.1) is 18.8 Å². The van der Waals surface area contributed by atoms with Gasteiger partial charge in [-0.1, -0.05) is 6.07 Å². The number of hydrogen-bond donors (Lipinski definition) is 1. The van der Waals surface area contributed by atoms with Crippen LogP contribution in [0.4, 0.5) is 24.7 Å². The number of sulfonamides is 1. The van der Waals surface area contributed by atoms with Crippen molar-refractivity contribution in [1.29, 1.82) is 0 Å². The molecule has 3 rings (SSSR count). The average Bonchev–Trinajstić information content (AvgIpc) is 2.62. The summed E-state index contributed by atoms with van der Waals surface area (Å²) in [4.78, 5) is 4.02. The number of hydrogen-bond acceptors (Lipinski definition) is 5. The van der Waals surface area contributed by atoms with Gasteiger partial charge in [0.2, 0.25) is 10.0 Å². The summed E-state index contributed by atoms with van der Waals surface area (Å²) >= 11 is 0. The van der Waals surface area contributed by atoms with Gasteiger partial charge in [-0.05, 0) is 30.3 Å². The molecule has 1 fully saturated rings. The summed E-state index contributed by atoms with van der Waals surface area (Å²) in [5.74, 6) is 0.241. The Morgan fingerprint density at radius 1 is 1.12 bits per heavy atom. The average molecular weight is 387 g/mol. The number of halogens is 3. The molecule has 1 aromatic heterocycles. The molecule has 0 amide bonds. The summed E-state index contributed by atoms with van der Waals surface area (Å²) < 4.78 is 69.7. The Hall–Kier alpha value is -2.17. The molecule has 6 nitrogen and oxygen atoms in total. The molecule has 1 saturated heterocycles. The number of pyridine rings is 1. The van der Waals surface area contributed by atoms with E-state index in [1.165, 1.54) is 34.8 Å². The lowest BCUT2D eigenvalue weighted by Gasteiger charge is -2.25. The Kier molecular flexibility index (Phi) is 5.17. The first kappa shape index (κ1) is 18.6. The lowest BCUT2D eigenvalue weighted by atomic mass is 10.2. The zero-order chi connectivity index (χ0) is 18.8. The van der Waals surface area contributed by atoms with Crippen molar-refractivity contribution < 1.29 is 26.3 Å². The third-order valence-corrected chi connectivity index (χ3v) is 5.69. The van der Waals surface area contributed by atoms with Crippen molar-refractivity contribution in [2.45, 2.75) is 11.1 Å². The molecular weight excluding hydrogens is 371 g/mol. The van der Waals surface area contributed by atoms with Gasteiger partial charge in [0.15, 0.2) is 0 Å². The van der Waals surface area contributed by atoms with Gasteiger partial charge in [-0.2, -0.15) is 17.5 Å². The van der Waals surface area contributed by atoms with Crippen molar-refractivity contribution in [3.05, 3.63) is 48.2 Å². The van der Waals surface area contributed by atoms with Crippen LogP contribution < -0.4 is 5.32 Å². The molecule has 1 aliphatic rings. The Morgan fingerprint density at radius 2 is 1.85 bits per heavy atom. The molecule has 2 heterocycles. The summed E-state index contributed by atoms with van der Waals surface area (Å²) in [6.45, 7) is 1.21. The van der Waals surface area contributed by atoms with Crippen LogP contribution in [-0.4, -0.2) is 44.0 Å². The second-order valence-electron chi connectivity index (χ2n) is 5.60. The van der Waals surface area contributed by atoms with Crippen LogP contribution in [0.3, 0.4) is 0 Å². The van der Waals surface area contributed by atoms with Crippen molar-refractivity contribution in [2.75, 3.05) is 31.6 Å². The number of alkyl halides is 3. The quantitative estimate of drug-likeness (QED) is 0.874. The van der Waals surface area contributed by atoms with Crippen molar-refractivity contribution in [3.63, 3.8) is 0 Å². The number of anilines is 2. The van der Waals surface area contributed by atoms with Crippen molar-refractivity contribution in [3.8, 4) is 0 Å². The van der Waals surface area contributed by atoms with E-state index in [0.717, 1.165) is 12.1 Å². The maximum atomic E-state index is 12.7. The predicted octanol–water partition coefficient (Wildman–Crippen LogP) is 2.86. The standard InChI is InChI=1S/C16H16F3N3O3S/c17-16(18,19)12-2-1-3-13(10-12)21-15-5-4-14(11-20-15)26(23,24)22-6-8-25-9-7-22/h1-5,10-11H,6-9H2,(H,20,21). The van der Waals surface area contributed by atoms with Gasteiger partial charge < -0.3 is 10.1 Å². The van der Waals surface area contributed by atoms with E-state index < -0.39 is 21.8 Å². The molecule has 0 radical (unpaired) electrons. The maximum Gasteiger partial charge on any atom is 0.416 e. The Bertz CT molecular complexity index is 864. The number of benzene rings is 1. The van der Waals surface area contributed by atoms with Gasteiger partial charge in [0, 0.05) is 25.0 Å². The zero-order valence-corrected chi connectivity index (χ0v) is 14.3. The van der Waals surface area contributed by atoms with E-state index in [1.54, 1.807) is 0 Å². The highest BCUT2D eigenvalue weighted by Gasteiger charge is 2.30. The van der Waals surface area contributed by atoms with Crippen molar-refractivity contribution in [2.24, 2.45) is 0 Å². The number of nitrogens with one attached hydrogen (secondary N) is 1. The topological polar surface area (TPSA) is 71.5 Å². The van der Waals surface area contributed by atoms with Gasteiger partial charge in [-0.15, -0.1) is 0 Å². The lowest BCUT2D eigenvalue weighted by Crippen LogP contribution is -2.40. The normalized spacial score (nSPS) is 16.4. The molecule has 1 N–H and O–H groups in total. The molecule has 0 atom stereocenters. The zero-order valence-electron chi connectivity index (χ0n) is 13.5. The fourth-order valence-corrected chi connectivity index (χ4v) is 3.82. The number of rotatable bonds is 4. The van der Waals surface area contributed by atoms with Gasteiger partial charge >= 0.3 is 6.18 Å². The monoisotopic (exact) mass is 387 g/mol. The van der Waals surface area contributed by atoms with E-state index in [9.17, 15) is 21.6 Å². The highest BCUT2D eigenvalue weighted by Crippen LogP contribution is 2.31. The molecule has 10 heteroatoms. The first-order chi connectivity index (χ1) is 12.3. The maximum absolute atomic E-state index is 12.7. The summed E-state index contributed by atoms with van der Waals surface area (Å²) in [5.41, 5.74) is -0.579. The van der Waals surface area contributed by atoms with Crippen molar-refractivity contribution in [1.82, 2.24) is 9.29 Å². The van der Waals surface area contributed by atoms with Crippen molar-refractivity contribution >= 4 is 21.5 Å². The molecular formula is C16H16F3N3O3S. The van der Waals surface area contributed by atoms with Crippen LogP contribution in [0, 0.1) is 0 Å². The predicted molar refractivity (Wildman–Crippen MR) is 88.5 cm³/mol. The third-order valence-electron chi connectivity index (χ3n) is 3.81. The number of morpholine rings is 1. The highest BCUT2D eigenvalue weighted by molar-refractivity contribution is 7.89. The lowest BCUT2D eigenvalue weighted by molar-refractivity contribution is -0.137. The van der Waals surface area contributed by atoms with E-state index in [-0.39, 0.29) is 29.5 Å². The van der Waals surface area contributed by atoms with Gasteiger partial charge in [-0.25, -0.2) is 13.4 Å². The minimum absolute atomic E-state index is 0.0222. The largest absolute Gasteiger partial charge is 0.416 e. The summed E-state index contributed by atoms with van der Waals surface area (Å²) in [6.07, 6.45) is -3.26. The summed E-state index contributed by atoms with van der Waals surface area (Å²) in [7, 11) is -3.66. The molecule has 0 saturated carbocycles.